The summed E-state index contributed by atoms with van der Waals surface area (Å²) in [7, 11) is 0. The van der Waals surface area contributed by atoms with Gasteiger partial charge in [-0.1, -0.05) is 42.2 Å². The number of carbonyl (C=O) groups is 2. The fourth-order valence-electron chi connectivity index (χ4n) is 2.72. The average molecular weight is 433 g/mol. The van der Waals surface area contributed by atoms with E-state index in [1.54, 1.807) is 34.4 Å². The number of thiophene rings is 1. The van der Waals surface area contributed by atoms with Crippen molar-refractivity contribution in [1.82, 2.24) is 4.90 Å². The molecule has 28 heavy (non-hydrogen) atoms. The first kappa shape index (κ1) is 20.6. The molecule has 146 valence electrons. The number of phenols is 1. The molecule has 1 aromatic heterocycles. The van der Waals surface area contributed by atoms with E-state index in [0.717, 1.165) is 6.42 Å². The largest absolute Gasteiger partial charge is 0.508 e. The van der Waals surface area contributed by atoms with Crippen molar-refractivity contribution in [2.75, 3.05) is 11.9 Å². The van der Waals surface area contributed by atoms with Crippen molar-refractivity contribution in [2.24, 2.45) is 0 Å². The minimum absolute atomic E-state index is 0.0456. The Labute approximate surface area is 177 Å². The SMILES string of the molecule is O=C(CCCCN1C(=O)/C(=C/Cc2cccs2)SC1=S)Nc1cccc(O)c1. The minimum atomic E-state index is -0.119. The standard InChI is InChI=1S/C20H20N2O3S3/c23-15-6-3-5-14(13-15)21-18(24)8-1-2-11-22-19(25)17(28-20(22)26)10-9-16-7-4-12-27-16/h3-7,10,12-13,23H,1-2,8-9,11H2,(H,21,24)/b17-10-. The molecule has 8 heteroatoms. The zero-order valence-corrected chi connectivity index (χ0v) is 17.5. The van der Waals surface area contributed by atoms with Crippen molar-refractivity contribution in [3.05, 3.63) is 57.6 Å². The molecule has 3 rings (SSSR count). The highest BCUT2D eigenvalue weighted by molar-refractivity contribution is 8.26. The number of phenolic OH excluding ortho intramolecular Hbond substituents is 1. The van der Waals surface area contributed by atoms with Crippen molar-refractivity contribution >= 4 is 57.1 Å². The number of nitrogens with one attached hydrogen (secondary N) is 1. The number of nitrogens with zero attached hydrogens (tertiary/aromatic N) is 1. The Hall–Kier alpha value is -2.16. The molecule has 1 fully saturated rings. The second-order valence-electron chi connectivity index (χ2n) is 6.23. The van der Waals surface area contributed by atoms with Crippen LogP contribution in [0.5, 0.6) is 5.75 Å². The van der Waals surface area contributed by atoms with Gasteiger partial charge in [-0.3, -0.25) is 14.5 Å². The molecule has 2 aromatic rings. The van der Waals surface area contributed by atoms with Gasteiger partial charge in [-0.25, -0.2) is 0 Å². The van der Waals surface area contributed by atoms with Gasteiger partial charge in [0.25, 0.3) is 5.91 Å². The maximum atomic E-state index is 12.5. The topological polar surface area (TPSA) is 69.6 Å². The summed E-state index contributed by atoms with van der Waals surface area (Å²) in [4.78, 5) is 28.0. The molecule has 0 radical (unpaired) electrons. The first-order valence-corrected chi connectivity index (χ1v) is 11.0. The van der Waals surface area contributed by atoms with Crippen LogP contribution in [0.25, 0.3) is 0 Å². The summed E-state index contributed by atoms with van der Waals surface area (Å²) >= 11 is 8.34. The molecule has 0 aliphatic carbocycles. The number of anilines is 1. The third-order valence-corrected chi connectivity index (χ3v) is 6.43. The number of hydrogen-bond acceptors (Lipinski definition) is 6. The third kappa shape index (κ3) is 5.67. The Kier molecular flexibility index (Phi) is 7.24. The van der Waals surface area contributed by atoms with E-state index in [1.165, 1.54) is 22.7 Å². The zero-order valence-electron chi connectivity index (χ0n) is 15.1. The first-order chi connectivity index (χ1) is 13.5. The Balaban J connectivity index is 1.41. The number of thioether (sulfide) groups is 1. The Morgan fingerprint density at radius 2 is 2.11 bits per heavy atom. The Morgan fingerprint density at radius 3 is 2.86 bits per heavy atom. The molecule has 0 unspecified atom stereocenters. The normalized spacial score (nSPS) is 15.4. The van der Waals surface area contributed by atoms with E-state index >= 15 is 0 Å². The lowest BCUT2D eigenvalue weighted by Gasteiger charge is -2.14. The summed E-state index contributed by atoms with van der Waals surface area (Å²) in [6, 6.07) is 10.5. The van der Waals surface area contributed by atoms with Crippen LogP contribution in [-0.2, 0) is 16.0 Å². The number of aromatic hydroxyl groups is 1. The molecule has 0 bridgehead atoms. The number of unbranched alkanes of at least 4 members (excludes halogenated alkanes) is 1. The fraction of sp³-hybridized carbons (Fsp3) is 0.250. The fourth-order valence-corrected chi connectivity index (χ4v) is 4.66. The Morgan fingerprint density at radius 1 is 1.25 bits per heavy atom. The lowest BCUT2D eigenvalue weighted by molar-refractivity contribution is -0.122. The van der Waals surface area contributed by atoms with Crippen LogP contribution in [0, 0.1) is 0 Å². The summed E-state index contributed by atoms with van der Waals surface area (Å²) in [5.41, 5.74) is 0.567. The third-order valence-electron chi connectivity index (χ3n) is 4.11. The minimum Gasteiger partial charge on any atom is -0.508 e. The molecule has 1 saturated heterocycles. The highest BCUT2D eigenvalue weighted by Crippen LogP contribution is 2.31. The second-order valence-corrected chi connectivity index (χ2v) is 8.94. The summed E-state index contributed by atoms with van der Waals surface area (Å²) in [5.74, 6) is -0.0538. The van der Waals surface area contributed by atoms with Gasteiger partial charge in [0.2, 0.25) is 5.91 Å². The predicted molar refractivity (Wildman–Crippen MR) is 119 cm³/mol. The molecule has 5 nitrogen and oxygen atoms in total. The van der Waals surface area contributed by atoms with Crippen molar-refractivity contribution in [3.8, 4) is 5.75 Å². The van der Waals surface area contributed by atoms with Crippen molar-refractivity contribution in [3.63, 3.8) is 0 Å². The van der Waals surface area contributed by atoms with Crippen molar-refractivity contribution in [2.45, 2.75) is 25.7 Å². The molecule has 0 spiro atoms. The molecule has 0 atom stereocenters. The van der Waals surface area contributed by atoms with Crippen LogP contribution in [-0.4, -0.2) is 32.7 Å². The molecule has 2 N–H and O–H groups in total. The van der Waals surface area contributed by atoms with Gasteiger partial charge in [-0.05, 0) is 36.4 Å². The van der Waals surface area contributed by atoms with Crippen LogP contribution >= 0.6 is 35.3 Å². The highest BCUT2D eigenvalue weighted by Gasteiger charge is 2.31. The van der Waals surface area contributed by atoms with Crippen LogP contribution in [0.2, 0.25) is 0 Å². The zero-order chi connectivity index (χ0) is 19.9. The number of thiocarbonyl (C=S) groups is 1. The monoisotopic (exact) mass is 432 g/mol. The molecular formula is C20H20N2O3S3. The summed E-state index contributed by atoms with van der Waals surface area (Å²) in [5, 5.41) is 14.2. The predicted octanol–water partition coefficient (Wildman–Crippen LogP) is 4.55. The van der Waals surface area contributed by atoms with E-state index in [-0.39, 0.29) is 17.6 Å². The first-order valence-electron chi connectivity index (χ1n) is 8.88. The van der Waals surface area contributed by atoms with E-state index in [0.29, 0.717) is 40.7 Å². The smallest absolute Gasteiger partial charge is 0.265 e. The lowest BCUT2D eigenvalue weighted by atomic mass is 10.2. The summed E-state index contributed by atoms with van der Waals surface area (Å²) < 4.78 is 0.576. The number of hydrogen-bond donors (Lipinski definition) is 2. The van der Waals surface area contributed by atoms with Crippen LogP contribution in [0.15, 0.2) is 52.8 Å². The molecule has 1 aliphatic rings. The maximum Gasteiger partial charge on any atom is 0.265 e. The van der Waals surface area contributed by atoms with Gasteiger partial charge < -0.3 is 10.4 Å². The molecule has 1 aromatic carbocycles. The van der Waals surface area contributed by atoms with Crippen LogP contribution < -0.4 is 5.32 Å². The van der Waals surface area contributed by atoms with E-state index in [1.807, 2.05) is 23.6 Å². The van der Waals surface area contributed by atoms with E-state index in [2.05, 4.69) is 5.32 Å². The number of rotatable bonds is 8. The molecule has 1 aliphatic heterocycles. The second kappa shape index (κ2) is 9.86. The van der Waals surface area contributed by atoms with E-state index in [9.17, 15) is 14.7 Å². The molecule has 0 saturated carbocycles. The van der Waals surface area contributed by atoms with Gasteiger partial charge in [0.15, 0.2) is 0 Å². The molecule has 2 amide bonds. The average Bonchev–Trinajstić information content (AvgIpc) is 3.26. The van der Waals surface area contributed by atoms with E-state index in [4.69, 9.17) is 12.2 Å². The van der Waals surface area contributed by atoms with E-state index < -0.39 is 0 Å². The van der Waals surface area contributed by atoms with Gasteiger partial charge in [0.05, 0.1) is 4.91 Å². The number of allylic oxidation sites excluding steroid dienone is 1. The summed E-state index contributed by atoms with van der Waals surface area (Å²) in [6.07, 6.45) is 4.36. The molecular weight excluding hydrogens is 412 g/mol. The van der Waals surface area contributed by atoms with Crippen LogP contribution in [0.4, 0.5) is 5.69 Å². The summed E-state index contributed by atoms with van der Waals surface area (Å²) in [6.45, 7) is 0.514. The number of benzene rings is 1. The number of carbonyl (C=O) groups excluding carboxylic acids is 2. The lowest BCUT2D eigenvalue weighted by Crippen LogP contribution is -2.29. The number of amides is 2. The molecule has 2 heterocycles. The van der Waals surface area contributed by atoms with Gasteiger partial charge in [0.1, 0.15) is 10.1 Å². The van der Waals surface area contributed by atoms with Crippen LogP contribution in [0.3, 0.4) is 0 Å². The van der Waals surface area contributed by atoms with Gasteiger partial charge in [-0.2, -0.15) is 0 Å². The van der Waals surface area contributed by atoms with Crippen molar-refractivity contribution in [1.29, 1.82) is 0 Å². The van der Waals surface area contributed by atoms with Gasteiger partial charge in [0, 0.05) is 36.0 Å². The van der Waals surface area contributed by atoms with Gasteiger partial charge in [-0.15, -0.1) is 11.3 Å². The van der Waals surface area contributed by atoms with Gasteiger partial charge >= 0.3 is 0 Å². The quantitative estimate of drug-likeness (QED) is 0.364. The Bertz CT molecular complexity index is 894. The highest BCUT2D eigenvalue weighted by atomic mass is 32.2. The maximum absolute atomic E-state index is 12.5. The van der Waals surface area contributed by atoms with Crippen molar-refractivity contribution < 1.29 is 14.7 Å². The van der Waals surface area contributed by atoms with Crippen LogP contribution in [0.1, 0.15) is 24.1 Å².